The lowest BCUT2D eigenvalue weighted by Gasteiger charge is -2.25. The third-order valence-corrected chi connectivity index (χ3v) is 8.59. The summed E-state index contributed by atoms with van der Waals surface area (Å²) in [4.78, 5) is 44.1. The topological polar surface area (TPSA) is 114 Å². The van der Waals surface area contributed by atoms with Gasteiger partial charge in [0.05, 0.1) is 41.8 Å². The number of carbonyl (C=O) groups is 2. The predicted molar refractivity (Wildman–Crippen MR) is 174 cm³/mol. The van der Waals surface area contributed by atoms with Gasteiger partial charge in [0.2, 0.25) is 0 Å². The Hall–Kier alpha value is -5.26. The molecule has 0 bridgehead atoms. The molecule has 1 aliphatic rings. The molecule has 1 aliphatic heterocycles. The SMILES string of the molecule is COC(=O)C1=C(C)N=c2s/c(=C/c3cn(-c4ccccc4)nc3-c3ccc(Cl)cc3)c(=O)n2C1c1ccc(OC(C)=O)c(OC)c1. The van der Waals surface area contributed by atoms with Gasteiger partial charge in [-0.05, 0) is 55.0 Å². The Morgan fingerprint density at radius 1 is 1.00 bits per heavy atom. The second kappa shape index (κ2) is 12.6. The monoisotopic (exact) mass is 654 g/mol. The van der Waals surface area contributed by atoms with Gasteiger partial charge < -0.3 is 14.2 Å². The van der Waals surface area contributed by atoms with E-state index in [-0.39, 0.29) is 22.6 Å². The lowest BCUT2D eigenvalue weighted by molar-refractivity contribution is -0.136. The Morgan fingerprint density at radius 2 is 1.74 bits per heavy atom. The first-order chi connectivity index (χ1) is 22.2. The van der Waals surface area contributed by atoms with Gasteiger partial charge in [0.25, 0.3) is 5.56 Å². The first-order valence-electron chi connectivity index (χ1n) is 14.1. The summed E-state index contributed by atoms with van der Waals surface area (Å²) >= 11 is 7.36. The van der Waals surface area contributed by atoms with E-state index in [1.54, 1.807) is 48.0 Å². The highest BCUT2D eigenvalue weighted by molar-refractivity contribution is 7.07. The van der Waals surface area contributed by atoms with Crippen molar-refractivity contribution in [2.24, 2.45) is 4.99 Å². The number of benzene rings is 3. The van der Waals surface area contributed by atoms with E-state index in [1.165, 1.54) is 37.0 Å². The van der Waals surface area contributed by atoms with Gasteiger partial charge in [0, 0.05) is 29.3 Å². The summed E-state index contributed by atoms with van der Waals surface area (Å²) in [5.74, 6) is -0.678. The van der Waals surface area contributed by atoms with Gasteiger partial charge in [-0.15, -0.1) is 0 Å². The van der Waals surface area contributed by atoms with Gasteiger partial charge in [-0.3, -0.25) is 14.2 Å². The lowest BCUT2D eigenvalue weighted by Crippen LogP contribution is -2.39. The van der Waals surface area contributed by atoms with E-state index >= 15 is 0 Å². The summed E-state index contributed by atoms with van der Waals surface area (Å²) in [5, 5.41) is 5.45. The van der Waals surface area contributed by atoms with Crippen molar-refractivity contribution in [1.82, 2.24) is 14.3 Å². The molecule has 232 valence electrons. The second-order valence-electron chi connectivity index (χ2n) is 10.3. The summed E-state index contributed by atoms with van der Waals surface area (Å²) in [6.45, 7) is 2.98. The number of esters is 2. The van der Waals surface area contributed by atoms with Crippen molar-refractivity contribution < 1.29 is 23.8 Å². The van der Waals surface area contributed by atoms with Crippen LogP contribution in [0.5, 0.6) is 11.5 Å². The number of rotatable bonds is 7. The summed E-state index contributed by atoms with van der Waals surface area (Å²) < 4.78 is 19.5. The number of ether oxygens (including phenoxy) is 3. The molecular weight excluding hydrogens is 628 g/mol. The molecule has 0 N–H and O–H groups in total. The van der Waals surface area contributed by atoms with Crippen molar-refractivity contribution in [1.29, 1.82) is 0 Å². The van der Waals surface area contributed by atoms with Crippen LogP contribution in [0.1, 0.15) is 31.0 Å². The number of halogens is 1. The van der Waals surface area contributed by atoms with Crippen LogP contribution in [0.15, 0.2) is 100 Å². The highest BCUT2D eigenvalue weighted by atomic mass is 35.5. The van der Waals surface area contributed by atoms with Crippen LogP contribution < -0.4 is 24.4 Å². The van der Waals surface area contributed by atoms with Crippen molar-refractivity contribution >= 4 is 41.0 Å². The standard InChI is InChI=1S/C34H27ClN4O6S/c1-19-29(33(42)44-4)31(22-12-15-26(45-20(2)40)27(16-22)43-3)39-32(41)28(46-34(39)36-19)17-23-18-38(25-8-6-5-7-9-25)37-30(23)21-10-13-24(35)14-11-21/h5-18,31H,1-4H3/b28-17+. The molecule has 0 amide bonds. The Kier molecular flexibility index (Phi) is 8.44. The molecule has 0 fully saturated rings. The normalized spacial score (nSPS) is 14.5. The van der Waals surface area contributed by atoms with Gasteiger partial charge in [-0.2, -0.15) is 5.10 Å². The van der Waals surface area contributed by atoms with Gasteiger partial charge in [0.15, 0.2) is 16.3 Å². The minimum Gasteiger partial charge on any atom is -0.493 e. The van der Waals surface area contributed by atoms with Crippen LogP contribution >= 0.6 is 22.9 Å². The largest absolute Gasteiger partial charge is 0.493 e. The maximum Gasteiger partial charge on any atom is 0.338 e. The molecule has 1 unspecified atom stereocenters. The third kappa shape index (κ3) is 5.78. The van der Waals surface area contributed by atoms with E-state index in [1.807, 2.05) is 48.7 Å². The van der Waals surface area contributed by atoms with E-state index in [0.29, 0.717) is 36.9 Å². The molecule has 0 saturated carbocycles. The van der Waals surface area contributed by atoms with Crippen molar-refractivity contribution in [3.63, 3.8) is 0 Å². The molecule has 6 rings (SSSR count). The number of methoxy groups -OCH3 is 2. The number of aromatic nitrogens is 3. The first-order valence-corrected chi connectivity index (χ1v) is 15.3. The van der Waals surface area contributed by atoms with E-state index < -0.39 is 18.0 Å². The van der Waals surface area contributed by atoms with E-state index in [4.69, 9.17) is 30.9 Å². The minimum absolute atomic E-state index is 0.197. The lowest BCUT2D eigenvalue weighted by atomic mass is 9.95. The smallest absolute Gasteiger partial charge is 0.338 e. The molecule has 3 heterocycles. The molecular formula is C34H27ClN4O6S. The van der Waals surface area contributed by atoms with Crippen molar-refractivity contribution in [3.05, 3.63) is 126 Å². The van der Waals surface area contributed by atoms with Crippen molar-refractivity contribution in [2.45, 2.75) is 19.9 Å². The Labute approximate surface area is 272 Å². The van der Waals surface area contributed by atoms with Crippen molar-refractivity contribution in [3.8, 4) is 28.4 Å². The van der Waals surface area contributed by atoms with Gasteiger partial charge >= 0.3 is 11.9 Å². The van der Waals surface area contributed by atoms with Crippen LogP contribution in [0.4, 0.5) is 0 Å². The Bertz CT molecular complexity index is 2200. The molecule has 0 spiro atoms. The number of hydrogen-bond acceptors (Lipinski definition) is 9. The number of allylic oxidation sites excluding steroid dienone is 1. The third-order valence-electron chi connectivity index (χ3n) is 7.35. The average molecular weight is 655 g/mol. The summed E-state index contributed by atoms with van der Waals surface area (Å²) in [5.41, 5.74) is 3.80. The molecule has 46 heavy (non-hydrogen) atoms. The zero-order valence-corrected chi connectivity index (χ0v) is 26.8. The fourth-order valence-corrected chi connectivity index (χ4v) is 6.44. The number of nitrogens with zero attached hydrogens (tertiary/aromatic N) is 4. The molecule has 0 saturated heterocycles. The van der Waals surface area contributed by atoms with Crippen LogP contribution in [0, 0.1) is 0 Å². The van der Waals surface area contributed by atoms with Crippen molar-refractivity contribution in [2.75, 3.05) is 14.2 Å². The van der Waals surface area contributed by atoms with Gasteiger partial charge in [-0.25, -0.2) is 14.5 Å². The number of para-hydroxylation sites is 1. The zero-order valence-electron chi connectivity index (χ0n) is 25.2. The van der Waals surface area contributed by atoms with Crippen LogP contribution in [0.25, 0.3) is 23.0 Å². The molecule has 1 atom stereocenters. The fourth-order valence-electron chi connectivity index (χ4n) is 5.28. The molecule has 0 aliphatic carbocycles. The summed E-state index contributed by atoms with van der Waals surface area (Å²) in [6.07, 6.45) is 3.64. The molecule has 0 radical (unpaired) electrons. The van der Waals surface area contributed by atoms with Crippen LogP contribution in [-0.4, -0.2) is 40.5 Å². The quantitative estimate of drug-likeness (QED) is 0.182. The van der Waals surface area contributed by atoms with Crippen LogP contribution in [0.2, 0.25) is 5.02 Å². The van der Waals surface area contributed by atoms with E-state index in [0.717, 1.165) is 11.3 Å². The second-order valence-corrected chi connectivity index (χ2v) is 11.7. The van der Waals surface area contributed by atoms with E-state index in [2.05, 4.69) is 4.99 Å². The molecule has 3 aromatic carbocycles. The van der Waals surface area contributed by atoms with E-state index in [9.17, 15) is 14.4 Å². The Balaban J connectivity index is 1.56. The first kappa shape index (κ1) is 30.8. The average Bonchev–Trinajstić information content (AvgIpc) is 3.61. The summed E-state index contributed by atoms with van der Waals surface area (Å²) in [7, 11) is 2.71. The maximum absolute atomic E-state index is 14.3. The Morgan fingerprint density at radius 3 is 2.41 bits per heavy atom. The molecule has 2 aromatic heterocycles. The molecule has 5 aromatic rings. The summed E-state index contributed by atoms with van der Waals surface area (Å²) in [6, 6.07) is 20.9. The van der Waals surface area contributed by atoms with Gasteiger partial charge in [-0.1, -0.05) is 59.3 Å². The maximum atomic E-state index is 14.3. The highest BCUT2D eigenvalue weighted by Gasteiger charge is 2.34. The van der Waals surface area contributed by atoms with Crippen LogP contribution in [-0.2, 0) is 14.3 Å². The van der Waals surface area contributed by atoms with Crippen LogP contribution in [0.3, 0.4) is 0 Å². The molecule has 12 heteroatoms. The highest BCUT2D eigenvalue weighted by Crippen LogP contribution is 2.36. The van der Waals surface area contributed by atoms with Gasteiger partial charge in [0.1, 0.15) is 5.69 Å². The number of carbonyl (C=O) groups excluding carboxylic acids is 2. The zero-order chi connectivity index (χ0) is 32.5. The number of fused-ring (bicyclic) bond motifs is 1. The number of thiazole rings is 1. The molecule has 10 nitrogen and oxygen atoms in total. The number of hydrogen-bond donors (Lipinski definition) is 0. The predicted octanol–water partition coefficient (Wildman–Crippen LogP) is 4.85. The fraction of sp³-hybridized carbons (Fsp3) is 0.147. The minimum atomic E-state index is -0.895.